The van der Waals surface area contributed by atoms with Crippen molar-refractivity contribution >= 4 is 17.2 Å². The van der Waals surface area contributed by atoms with Gasteiger partial charge in [0.15, 0.2) is 5.65 Å². The normalized spacial score (nSPS) is 11.5. The van der Waals surface area contributed by atoms with Gasteiger partial charge in [0.2, 0.25) is 0 Å². The van der Waals surface area contributed by atoms with E-state index in [1.54, 1.807) is 42.6 Å². The summed E-state index contributed by atoms with van der Waals surface area (Å²) in [6.45, 7) is -0.927. The minimum atomic E-state index is -4.48. The standard InChI is InChI=1S/C17H16F3N5O2/c18-17(19,20)11-22-15(26)12-5-1-2-6-13(12)21-8-10-25-16(27)24-9-4-3-7-14(24)23-25/h1-7,9,21H,8,10-11H2,(H,22,26). The molecule has 0 atom stereocenters. The number of amides is 1. The van der Waals surface area contributed by atoms with Crippen LogP contribution in [0.5, 0.6) is 0 Å². The number of anilines is 1. The second kappa shape index (κ2) is 7.52. The third-order valence-electron chi connectivity index (χ3n) is 3.75. The molecule has 27 heavy (non-hydrogen) atoms. The summed E-state index contributed by atoms with van der Waals surface area (Å²) in [6, 6.07) is 11.4. The van der Waals surface area contributed by atoms with Crippen molar-refractivity contribution in [3.8, 4) is 0 Å². The lowest BCUT2D eigenvalue weighted by atomic mass is 10.1. The van der Waals surface area contributed by atoms with E-state index in [2.05, 4.69) is 10.4 Å². The maximum absolute atomic E-state index is 12.3. The molecular formula is C17H16F3N5O2. The molecule has 2 heterocycles. The van der Waals surface area contributed by atoms with Gasteiger partial charge in [0.25, 0.3) is 5.91 Å². The summed E-state index contributed by atoms with van der Waals surface area (Å²) in [5, 5.41) is 8.98. The van der Waals surface area contributed by atoms with E-state index in [1.165, 1.54) is 15.1 Å². The van der Waals surface area contributed by atoms with Gasteiger partial charge in [-0.15, -0.1) is 5.10 Å². The van der Waals surface area contributed by atoms with Crippen LogP contribution in [-0.4, -0.2) is 39.4 Å². The van der Waals surface area contributed by atoms with Crippen molar-refractivity contribution < 1.29 is 18.0 Å². The van der Waals surface area contributed by atoms with E-state index in [1.807, 2.05) is 5.32 Å². The monoisotopic (exact) mass is 379 g/mol. The predicted octanol–water partition coefficient (Wildman–Crippen LogP) is 1.90. The zero-order valence-electron chi connectivity index (χ0n) is 14.0. The first-order chi connectivity index (χ1) is 12.8. The van der Waals surface area contributed by atoms with Gasteiger partial charge in [0, 0.05) is 18.4 Å². The molecule has 3 rings (SSSR count). The quantitative estimate of drug-likeness (QED) is 0.686. The third-order valence-corrected chi connectivity index (χ3v) is 3.75. The molecule has 1 aromatic carbocycles. The maximum atomic E-state index is 12.3. The molecule has 0 aliphatic heterocycles. The summed E-state index contributed by atoms with van der Waals surface area (Å²) >= 11 is 0. The first kappa shape index (κ1) is 18.5. The van der Waals surface area contributed by atoms with Crippen molar-refractivity contribution in [1.29, 1.82) is 0 Å². The van der Waals surface area contributed by atoms with Crippen LogP contribution >= 0.6 is 0 Å². The van der Waals surface area contributed by atoms with Crippen LogP contribution in [0.25, 0.3) is 5.65 Å². The fourth-order valence-electron chi connectivity index (χ4n) is 2.52. The minimum absolute atomic E-state index is 0.0871. The zero-order valence-corrected chi connectivity index (χ0v) is 14.0. The molecule has 7 nitrogen and oxygen atoms in total. The van der Waals surface area contributed by atoms with Crippen LogP contribution in [0, 0.1) is 0 Å². The molecule has 142 valence electrons. The highest BCUT2D eigenvalue weighted by Crippen LogP contribution is 2.16. The number of rotatable bonds is 6. The van der Waals surface area contributed by atoms with E-state index in [4.69, 9.17) is 0 Å². The number of alkyl halides is 3. The Kier molecular flexibility index (Phi) is 5.15. The van der Waals surface area contributed by atoms with Crippen LogP contribution < -0.4 is 16.3 Å². The summed E-state index contributed by atoms with van der Waals surface area (Å²) in [5.74, 6) is -0.833. The first-order valence-electron chi connectivity index (χ1n) is 8.07. The van der Waals surface area contributed by atoms with E-state index < -0.39 is 18.6 Å². The summed E-state index contributed by atoms with van der Waals surface area (Å²) in [7, 11) is 0. The van der Waals surface area contributed by atoms with E-state index in [9.17, 15) is 22.8 Å². The van der Waals surface area contributed by atoms with Gasteiger partial charge in [-0.2, -0.15) is 13.2 Å². The average Bonchev–Trinajstić information content (AvgIpc) is 2.96. The number of carbonyl (C=O) groups is 1. The van der Waals surface area contributed by atoms with Crippen LogP contribution in [0.3, 0.4) is 0 Å². The molecule has 2 aromatic heterocycles. The molecular weight excluding hydrogens is 363 g/mol. The van der Waals surface area contributed by atoms with E-state index in [0.717, 1.165) is 0 Å². The average molecular weight is 379 g/mol. The summed E-state index contributed by atoms with van der Waals surface area (Å²) < 4.78 is 39.5. The molecule has 0 fully saturated rings. The number of fused-ring (bicyclic) bond motifs is 1. The smallest absolute Gasteiger partial charge is 0.383 e. The van der Waals surface area contributed by atoms with E-state index in [0.29, 0.717) is 11.3 Å². The molecule has 10 heteroatoms. The van der Waals surface area contributed by atoms with Crippen LogP contribution in [0.1, 0.15) is 10.4 Å². The van der Waals surface area contributed by atoms with Gasteiger partial charge in [-0.3, -0.25) is 9.20 Å². The number of hydrogen-bond donors (Lipinski definition) is 2. The predicted molar refractivity (Wildman–Crippen MR) is 92.8 cm³/mol. The third kappa shape index (κ3) is 4.46. The zero-order chi connectivity index (χ0) is 19.4. The van der Waals surface area contributed by atoms with Gasteiger partial charge in [0.1, 0.15) is 6.54 Å². The lowest BCUT2D eigenvalue weighted by molar-refractivity contribution is -0.123. The Morgan fingerprint density at radius 2 is 1.85 bits per heavy atom. The Morgan fingerprint density at radius 3 is 2.59 bits per heavy atom. The van der Waals surface area contributed by atoms with Crippen molar-refractivity contribution in [1.82, 2.24) is 19.5 Å². The molecule has 0 bridgehead atoms. The van der Waals surface area contributed by atoms with Crippen molar-refractivity contribution in [2.75, 3.05) is 18.4 Å². The van der Waals surface area contributed by atoms with Gasteiger partial charge >= 0.3 is 11.9 Å². The second-order valence-electron chi connectivity index (χ2n) is 5.70. The number of hydrogen-bond acceptors (Lipinski definition) is 4. The largest absolute Gasteiger partial charge is 0.405 e. The van der Waals surface area contributed by atoms with Gasteiger partial charge in [-0.1, -0.05) is 18.2 Å². The van der Waals surface area contributed by atoms with E-state index in [-0.39, 0.29) is 24.3 Å². The Hall–Kier alpha value is -3.30. The number of benzene rings is 1. The van der Waals surface area contributed by atoms with Crippen LogP contribution in [0.4, 0.5) is 18.9 Å². The Bertz CT molecular complexity index is 1010. The number of pyridine rings is 1. The number of nitrogens with zero attached hydrogens (tertiary/aromatic N) is 3. The molecule has 0 aliphatic rings. The van der Waals surface area contributed by atoms with Gasteiger partial charge in [0.05, 0.1) is 12.1 Å². The molecule has 0 aliphatic carbocycles. The SMILES string of the molecule is O=C(NCC(F)(F)F)c1ccccc1NCCn1nc2ccccn2c1=O. The van der Waals surface area contributed by atoms with Crippen LogP contribution in [0.2, 0.25) is 0 Å². The molecule has 2 N–H and O–H groups in total. The molecule has 0 radical (unpaired) electrons. The topological polar surface area (TPSA) is 80.4 Å². The fraction of sp³-hybridized carbons (Fsp3) is 0.235. The molecule has 0 unspecified atom stereocenters. The Morgan fingerprint density at radius 1 is 1.11 bits per heavy atom. The fourth-order valence-corrected chi connectivity index (χ4v) is 2.52. The molecule has 0 spiro atoms. The van der Waals surface area contributed by atoms with Crippen molar-refractivity contribution in [3.63, 3.8) is 0 Å². The van der Waals surface area contributed by atoms with Crippen molar-refractivity contribution in [3.05, 3.63) is 64.7 Å². The molecule has 0 saturated carbocycles. The van der Waals surface area contributed by atoms with Crippen LogP contribution in [-0.2, 0) is 6.54 Å². The Labute approximate surface area is 151 Å². The molecule has 0 saturated heterocycles. The first-order valence-corrected chi connectivity index (χ1v) is 8.07. The van der Waals surface area contributed by atoms with Crippen molar-refractivity contribution in [2.24, 2.45) is 0 Å². The van der Waals surface area contributed by atoms with Crippen LogP contribution in [0.15, 0.2) is 53.5 Å². The molecule has 1 amide bonds. The highest BCUT2D eigenvalue weighted by atomic mass is 19.4. The minimum Gasteiger partial charge on any atom is -0.383 e. The van der Waals surface area contributed by atoms with Gasteiger partial charge in [-0.05, 0) is 24.3 Å². The summed E-state index contributed by atoms with van der Waals surface area (Å²) in [6.07, 6.45) is -2.88. The summed E-state index contributed by atoms with van der Waals surface area (Å²) in [5.41, 5.74) is 0.663. The van der Waals surface area contributed by atoms with Gasteiger partial charge < -0.3 is 10.6 Å². The maximum Gasteiger partial charge on any atom is 0.405 e. The highest BCUT2D eigenvalue weighted by molar-refractivity contribution is 5.99. The lowest BCUT2D eigenvalue weighted by Crippen LogP contribution is -2.34. The van der Waals surface area contributed by atoms with Gasteiger partial charge in [-0.25, -0.2) is 9.48 Å². The number of para-hydroxylation sites is 1. The number of halogens is 3. The number of nitrogens with one attached hydrogen (secondary N) is 2. The lowest BCUT2D eigenvalue weighted by Gasteiger charge is -2.13. The van der Waals surface area contributed by atoms with Crippen molar-refractivity contribution in [2.45, 2.75) is 12.7 Å². The number of carbonyl (C=O) groups excluding carboxylic acids is 1. The second-order valence-corrected chi connectivity index (χ2v) is 5.70. The summed E-state index contributed by atoms with van der Waals surface area (Å²) in [4.78, 5) is 24.2. The molecule has 3 aromatic rings. The highest BCUT2D eigenvalue weighted by Gasteiger charge is 2.28. The van der Waals surface area contributed by atoms with E-state index >= 15 is 0 Å². The Balaban J connectivity index is 1.67. The number of aromatic nitrogens is 3.